The SMILES string of the molecule is C=C[C@]1(O[Si](C)(C)C(C)(C)C)[C@@H](C)[C@@H]1CO. The molecule has 3 heteroatoms. The summed E-state index contributed by atoms with van der Waals surface area (Å²) in [5.74, 6) is 0.628. The molecule has 0 spiro atoms. The summed E-state index contributed by atoms with van der Waals surface area (Å²) in [6.07, 6.45) is 1.90. The van der Waals surface area contributed by atoms with Gasteiger partial charge in [-0.05, 0) is 24.1 Å². The molecule has 16 heavy (non-hydrogen) atoms. The van der Waals surface area contributed by atoms with Crippen LogP contribution in [-0.2, 0) is 4.43 Å². The molecule has 0 bridgehead atoms. The molecule has 0 aromatic heterocycles. The van der Waals surface area contributed by atoms with E-state index >= 15 is 0 Å². The lowest BCUT2D eigenvalue weighted by Crippen LogP contribution is -2.45. The quantitative estimate of drug-likeness (QED) is 0.606. The van der Waals surface area contributed by atoms with Gasteiger partial charge in [-0.25, -0.2) is 0 Å². The molecule has 0 aromatic carbocycles. The van der Waals surface area contributed by atoms with Crippen LogP contribution in [0.5, 0.6) is 0 Å². The van der Waals surface area contributed by atoms with Crippen LogP contribution in [0.2, 0.25) is 18.1 Å². The number of hydrogen-bond acceptors (Lipinski definition) is 2. The summed E-state index contributed by atoms with van der Waals surface area (Å²) in [4.78, 5) is 0. The van der Waals surface area contributed by atoms with Gasteiger partial charge in [0, 0.05) is 12.5 Å². The van der Waals surface area contributed by atoms with E-state index < -0.39 is 8.32 Å². The summed E-state index contributed by atoms with van der Waals surface area (Å²) in [7, 11) is -1.78. The maximum Gasteiger partial charge on any atom is 0.193 e. The third-order valence-electron chi connectivity index (χ3n) is 4.54. The van der Waals surface area contributed by atoms with Gasteiger partial charge in [0.1, 0.15) is 0 Å². The molecule has 3 atom stereocenters. The van der Waals surface area contributed by atoms with Crippen molar-refractivity contribution in [1.29, 1.82) is 0 Å². The zero-order chi connectivity index (χ0) is 12.8. The van der Waals surface area contributed by atoms with E-state index in [1.54, 1.807) is 0 Å². The lowest BCUT2D eigenvalue weighted by molar-refractivity contribution is 0.156. The Labute approximate surface area is 101 Å². The van der Waals surface area contributed by atoms with Crippen molar-refractivity contribution in [3.8, 4) is 0 Å². The first kappa shape index (κ1) is 13.9. The molecule has 1 fully saturated rings. The highest BCUT2D eigenvalue weighted by Gasteiger charge is 2.63. The predicted octanol–water partition coefficient (Wildman–Crippen LogP) is 3.19. The minimum atomic E-state index is -1.78. The molecule has 1 aliphatic rings. The second kappa shape index (κ2) is 3.97. The third-order valence-corrected chi connectivity index (χ3v) is 9.02. The largest absolute Gasteiger partial charge is 0.407 e. The first-order valence-electron chi connectivity index (χ1n) is 6.07. The van der Waals surface area contributed by atoms with Crippen molar-refractivity contribution < 1.29 is 9.53 Å². The van der Waals surface area contributed by atoms with Crippen LogP contribution in [0.25, 0.3) is 0 Å². The fourth-order valence-electron chi connectivity index (χ4n) is 2.09. The zero-order valence-electron chi connectivity index (χ0n) is 11.5. The van der Waals surface area contributed by atoms with Gasteiger partial charge in [0.25, 0.3) is 0 Å². The zero-order valence-corrected chi connectivity index (χ0v) is 12.5. The molecule has 0 aromatic rings. The van der Waals surface area contributed by atoms with Crippen molar-refractivity contribution in [3.05, 3.63) is 12.7 Å². The van der Waals surface area contributed by atoms with Crippen LogP contribution in [0.4, 0.5) is 0 Å². The van der Waals surface area contributed by atoms with Gasteiger partial charge in [-0.3, -0.25) is 0 Å². The van der Waals surface area contributed by atoms with E-state index in [0.717, 1.165) is 0 Å². The summed E-state index contributed by atoms with van der Waals surface area (Å²) in [5.41, 5.74) is -0.266. The highest BCUT2D eigenvalue weighted by Crippen LogP contribution is 2.57. The van der Waals surface area contributed by atoms with Crippen LogP contribution >= 0.6 is 0 Å². The second-order valence-corrected chi connectivity index (χ2v) is 11.2. The van der Waals surface area contributed by atoms with Gasteiger partial charge in [0.2, 0.25) is 0 Å². The Morgan fingerprint density at radius 2 is 1.94 bits per heavy atom. The number of rotatable bonds is 4. The molecule has 0 unspecified atom stereocenters. The summed E-state index contributed by atoms with van der Waals surface area (Å²) in [6.45, 7) is 17.4. The van der Waals surface area contributed by atoms with Crippen LogP contribution in [-0.4, -0.2) is 25.6 Å². The Morgan fingerprint density at radius 3 is 2.19 bits per heavy atom. The van der Waals surface area contributed by atoms with Gasteiger partial charge in [0.05, 0.1) is 5.60 Å². The summed E-state index contributed by atoms with van der Waals surface area (Å²) in [5, 5.41) is 9.53. The molecule has 0 amide bonds. The molecule has 1 saturated carbocycles. The lowest BCUT2D eigenvalue weighted by atomic mass is 10.2. The van der Waals surface area contributed by atoms with Gasteiger partial charge in [-0.15, -0.1) is 6.58 Å². The summed E-state index contributed by atoms with van der Waals surface area (Å²) >= 11 is 0. The van der Waals surface area contributed by atoms with E-state index in [-0.39, 0.29) is 23.2 Å². The van der Waals surface area contributed by atoms with Gasteiger partial charge in [-0.2, -0.15) is 0 Å². The lowest BCUT2D eigenvalue weighted by Gasteiger charge is -2.39. The molecular weight excluding hydrogens is 216 g/mol. The van der Waals surface area contributed by atoms with Crippen LogP contribution in [0, 0.1) is 11.8 Å². The van der Waals surface area contributed by atoms with Crippen molar-refractivity contribution in [2.24, 2.45) is 11.8 Å². The number of hydrogen-bond donors (Lipinski definition) is 1. The minimum Gasteiger partial charge on any atom is -0.407 e. The first-order valence-corrected chi connectivity index (χ1v) is 8.98. The minimum absolute atomic E-state index is 0.196. The Bertz CT molecular complexity index is 280. The Kier molecular flexibility index (Phi) is 3.46. The van der Waals surface area contributed by atoms with Crippen molar-refractivity contribution in [3.63, 3.8) is 0 Å². The van der Waals surface area contributed by atoms with E-state index in [1.807, 2.05) is 6.08 Å². The highest BCUT2D eigenvalue weighted by atomic mass is 28.4. The highest BCUT2D eigenvalue weighted by molar-refractivity contribution is 6.74. The normalized spacial score (nSPS) is 34.9. The molecule has 0 radical (unpaired) electrons. The third kappa shape index (κ3) is 2.00. The monoisotopic (exact) mass is 242 g/mol. The molecular formula is C13H26O2Si. The molecule has 94 valence electrons. The smallest absolute Gasteiger partial charge is 0.193 e. The average molecular weight is 242 g/mol. The Hall–Kier alpha value is -0.123. The van der Waals surface area contributed by atoms with Crippen molar-refractivity contribution >= 4 is 8.32 Å². The predicted molar refractivity (Wildman–Crippen MR) is 70.9 cm³/mol. The van der Waals surface area contributed by atoms with Crippen LogP contribution in [0.15, 0.2) is 12.7 Å². The van der Waals surface area contributed by atoms with Crippen molar-refractivity contribution in [2.45, 2.75) is 51.4 Å². The second-order valence-electron chi connectivity index (χ2n) is 6.50. The molecule has 1 N–H and O–H groups in total. The van der Waals surface area contributed by atoms with Crippen molar-refractivity contribution in [1.82, 2.24) is 0 Å². The Balaban J connectivity index is 2.85. The van der Waals surface area contributed by atoms with E-state index in [9.17, 15) is 5.11 Å². The summed E-state index contributed by atoms with van der Waals surface area (Å²) < 4.78 is 6.43. The fourth-order valence-corrected chi connectivity index (χ4v) is 3.70. The molecule has 1 aliphatic carbocycles. The topological polar surface area (TPSA) is 29.5 Å². The van der Waals surface area contributed by atoms with E-state index in [2.05, 4.69) is 47.4 Å². The van der Waals surface area contributed by atoms with E-state index in [4.69, 9.17) is 4.43 Å². The summed E-state index contributed by atoms with van der Waals surface area (Å²) in [6, 6.07) is 0. The van der Waals surface area contributed by atoms with Gasteiger partial charge >= 0.3 is 0 Å². The first-order chi connectivity index (χ1) is 7.12. The molecule has 0 aliphatic heterocycles. The molecule has 0 saturated heterocycles. The van der Waals surface area contributed by atoms with Crippen LogP contribution < -0.4 is 0 Å². The maximum absolute atomic E-state index is 9.33. The van der Waals surface area contributed by atoms with Crippen LogP contribution in [0.1, 0.15) is 27.7 Å². The number of aliphatic hydroxyl groups is 1. The van der Waals surface area contributed by atoms with E-state index in [0.29, 0.717) is 5.92 Å². The number of aliphatic hydroxyl groups excluding tert-OH is 1. The van der Waals surface area contributed by atoms with E-state index in [1.165, 1.54) is 0 Å². The average Bonchev–Trinajstić information content (AvgIpc) is 2.68. The van der Waals surface area contributed by atoms with Gasteiger partial charge < -0.3 is 9.53 Å². The molecule has 1 rings (SSSR count). The van der Waals surface area contributed by atoms with Gasteiger partial charge in [0.15, 0.2) is 8.32 Å². The Morgan fingerprint density at radius 1 is 1.44 bits per heavy atom. The maximum atomic E-state index is 9.33. The standard InChI is InChI=1S/C13H26O2Si/c1-8-13(10(2)11(13)9-14)15-16(6,7)12(3,4)5/h8,10-11,14H,1,9H2,2-7H3/t10-,11-,13-/m0/s1. The molecule has 0 heterocycles. The fraction of sp³-hybridized carbons (Fsp3) is 0.846. The van der Waals surface area contributed by atoms with Gasteiger partial charge in [-0.1, -0.05) is 33.8 Å². The molecule has 2 nitrogen and oxygen atoms in total. The van der Waals surface area contributed by atoms with Crippen LogP contribution in [0.3, 0.4) is 0 Å². The van der Waals surface area contributed by atoms with Crippen molar-refractivity contribution in [2.75, 3.05) is 6.61 Å².